The van der Waals surface area contributed by atoms with Crippen molar-refractivity contribution in [3.05, 3.63) is 25.3 Å². The molecule has 216 valence electrons. The minimum Gasteiger partial charge on any atom is -0.430 e. The Hall–Kier alpha value is -1.47. The maximum absolute atomic E-state index is 13.1. The van der Waals surface area contributed by atoms with Gasteiger partial charge in [-0.3, -0.25) is 0 Å². The first-order chi connectivity index (χ1) is 17.4. The smallest absolute Gasteiger partial charge is 0.430 e. The lowest BCUT2D eigenvalue weighted by Gasteiger charge is -2.34. The summed E-state index contributed by atoms with van der Waals surface area (Å²) in [7, 11) is -4.83. The van der Waals surface area contributed by atoms with E-state index in [0.717, 1.165) is 76.4 Å². The molecule has 0 aliphatic carbocycles. The van der Waals surface area contributed by atoms with Crippen molar-refractivity contribution >= 4 is 19.8 Å². The third-order valence-corrected chi connectivity index (χ3v) is 7.29. The molecule has 0 aromatic rings. The summed E-state index contributed by atoms with van der Waals surface area (Å²) < 4.78 is 34.5. The molecule has 0 rings (SSSR count). The van der Waals surface area contributed by atoms with Crippen LogP contribution in [0.2, 0.25) is 0 Å². The lowest BCUT2D eigenvalue weighted by Crippen LogP contribution is -2.37. The first-order valence-electron chi connectivity index (χ1n) is 13.9. The molecule has 9 heteroatoms. The molecule has 0 heterocycles. The Morgan fingerprint density at radius 3 is 1.27 bits per heavy atom. The van der Waals surface area contributed by atoms with Gasteiger partial charge in [0.25, 0.3) is 0 Å². The first-order valence-corrected chi connectivity index (χ1v) is 15.4. The number of carbonyl (C=O) groups is 2. The van der Waals surface area contributed by atoms with E-state index in [9.17, 15) is 19.0 Å². The van der Waals surface area contributed by atoms with Crippen molar-refractivity contribution in [1.82, 2.24) is 0 Å². The fourth-order valence-corrected chi connectivity index (χ4v) is 5.32. The van der Waals surface area contributed by atoms with Crippen molar-refractivity contribution in [3.63, 3.8) is 0 Å². The molecule has 0 spiro atoms. The highest BCUT2D eigenvalue weighted by Crippen LogP contribution is 2.53. The summed E-state index contributed by atoms with van der Waals surface area (Å²) in [6, 6.07) is 0. The van der Waals surface area contributed by atoms with E-state index < -0.39 is 31.3 Å². The van der Waals surface area contributed by atoms with Crippen molar-refractivity contribution < 1.29 is 37.6 Å². The monoisotopic (exact) mass is 546 g/mol. The SMILES string of the molecule is C=CC(=O)OC(C)(CCCCCCCCC)OP(=O)(O)OC(C)(CCCCCCCCC)OC(=O)C=C. The van der Waals surface area contributed by atoms with Gasteiger partial charge < -0.3 is 14.4 Å². The molecule has 0 aromatic carbocycles. The van der Waals surface area contributed by atoms with E-state index in [-0.39, 0.29) is 12.8 Å². The van der Waals surface area contributed by atoms with Crippen LogP contribution in [-0.2, 0) is 32.7 Å². The maximum Gasteiger partial charge on any atom is 0.478 e. The largest absolute Gasteiger partial charge is 0.478 e. The predicted molar refractivity (Wildman–Crippen MR) is 147 cm³/mol. The number of hydrogen-bond donors (Lipinski definition) is 1. The number of esters is 2. The number of phosphoric acid groups is 1. The summed E-state index contributed by atoms with van der Waals surface area (Å²) >= 11 is 0. The molecular weight excluding hydrogens is 495 g/mol. The average Bonchev–Trinajstić information content (AvgIpc) is 2.81. The van der Waals surface area contributed by atoms with Crippen LogP contribution >= 0.6 is 7.82 Å². The first kappa shape index (κ1) is 35.5. The Labute approximate surface area is 224 Å². The number of phosphoric ester groups is 1. The second-order valence-electron chi connectivity index (χ2n) is 9.91. The van der Waals surface area contributed by atoms with E-state index >= 15 is 0 Å². The Balaban J connectivity index is 5.24. The van der Waals surface area contributed by atoms with Crippen molar-refractivity contribution in [3.8, 4) is 0 Å². The number of ether oxygens (including phenoxy) is 2. The van der Waals surface area contributed by atoms with Crippen LogP contribution in [0.5, 0.6) is 0 Å². The van der Waals surface area contributed by atoms with Gasteiger partial charge >= 0.3 is 19.8 Å². The number of unbranched alkanes of at least 4 members (excludes halogenated alkanes) is 12. The standard InChI is InChI=1S/C28H51O8P/c1-7-11-13-15-17-19-21-23-27(5,33-25(29)9-3)35-37(31,32)36-28(6,34-26(30)10-4)24-22-20-18-16-14-12-8-2/h9-10H,3-4,7-8,11-24H2,1-2,5-6H3,(H,31,32). The summed E-state index contributed by atoms with van der Waals surface area (Å²) in [5, 5.41) is 0. The van der Waals surface area contributed by atoms with Crippen LogP contribution in [0, 0.1) is 0 Å². The zero-order chi connectivity index (χ0) is 28.2. The van der Waals surface area contributed by atoms with Gasteiger partial charge in [-0.15, -0.1) is 0 Å². The van der Waals surface area contributed by atoms with Crippen LogP contribution in [0.3, 0.4) is 0 Å². The van der Waals surface area contributed by atoms with Crippen LogP contribution < -0.4 is 0 Å². The van der Waals surface area contributed by atoms with Gasteiger partial charge in [0.05, 0.1) is 0 Å². The third kappa shape index (κ3) is 18.4. The Kier molecular flexibility index (Phi) is 18.8. The third-order valence-electron chi connectivity index (χ3n) is 6.05. The van der Waals surface area contributed by atoms with Gasteiger partial charge in [0.2, 0.25) is 11.6 Å². The van der Waals surface area contributed by atoms with Crippen molar-refractivity contribution in [2.24, 2.45) is 0 Å². The highest BCUT2D eigenvalue weighted by molar-refractivity contribution is 7.47. The van der Waals surface area contributed by atoms with Gasteiger partial charge in [-0.25, -0.2) is 23.2 Å². The fraction of sp³-hybridized carbons (Fsp3) is 0.786. The molecule has 0 saturated heterocycles. The van der Waals surface area contributed by atoms with Gasteiger partial charge in [0, 0.05) is 38.8 Å². The van der Waals surface area contributed by atoms with E-state index in [2.05, 4.69) is 27.0 Å². The molecule has 8 nitrogen and oxygen atoms in total. The summed E-state index contributed by atoms with van der Waals surface area (Å²) in [5.74, 6) is -5.01. The molecule has 0 amide bonds. The number of hydrogen-bond acceptors (Lipinski definition) is 7. The minimum absolute atomic E-state index is 0.190. The molecule has 2 atom stereocenters. The van der Waals surface area contributed by atoms with Crippen LogP contribution in [-0.4, -0.2) is 28.4 Å². The Morgan fingerprint density at radius 1 is 0.676 bits per heavy atom. The molecule has 0 fully saturated rings. The van der Waals surface area contributed by atoms with Crippen LogP contribution in [0.4, 0.5) is 0 Å². The van der Waals surface area contributed by atoms with Crippen LogP contribution in [0.25, 0.3) is 0 Å². The molecule has 0 bridgehead atoms. The molecule has 37 heavy (non-hydrogen) atoms. The van der Waals surface area contributed by atoms with Crippen molar-refractivity contribution in [1.29, 1.82) is 0 Å². The molecule has 2 unspecified atom stereocenters. The molecule has 0 aromatic heterocycles. The predicted octanol–water partition coefficient (Wildman–Crippen LogP) is 8.29. The summed E-state index contributed by atoms with van der Waals surface area (Å²) in [5.41, 5.74) is 0. The summed E-state index contributed by atoms with van der Waals surface area (Å²) in [6.07, 6.45) is 16.5. The van der Waals surface area contributed by atoms with E-state index in [1.165, 1.54) is 26.7 Å². The topological polar surface area (TPSA) is 108 Å². The van der Waals surface area contributed by atoms with E-state index in [4.69, 9.17) is 18.5 Å². The number of rotatable bonds is 24. The average molecular weight is 547 g/mol. The van der Waals surface area contributed by atoms with E-state index in [1.807, 2.05) is 0 Å². The van der Waals surface area contributed by atoms with Gasteiger partial charge in [-0.05, 0) is 12.8 Å². The number of carbonyl (C=O) groups excluding carboxylic acids is 2. The highest BCUT2D eigenvalue weighted by Gasteiger charge is 2.44. The minimum atomic E-state index is -4.83. The lowest BCUT2D eigenvalue weighted by atomic mass is 10.1. The fourth-order valence-electron chi connectivity index (χ4n) is 4.05. The molecule has 0 radical (unpaired) electrons. The molecule has 0 aliphatic rings. The quantitative estimate of drug-likeness (QED) is 0.0423. The Morgan fingerprint density at radius 2 is 0.973 bits per heavy atom. The van der Waals surface area contributed by atoms with E-state index in [0.29, 0.717) is 12.8 Å². The van der Waals surface area contributed by atoms with Crippen LogP contribution in [0.1, 0.15) is 130 Å². The molecule has 0 aliphatic heterocycles. The zero-order valence-corrected chi connectivity index (χ0v) is 24.5. The van der Waals surface area contributed by atoms with Crippen LogP contribution in [0.15, 0.2) is 25.3 Å². The lowest BCUT2D eigenvalue weighted by molar-refractivity contribution is -0.213. The highest BCUT2D eigenvalue weighted by atomic mass is 31.2. The molecular formula is C28H51O8P. The van der Waals surface area contributed by atoms with Crippen molar-refractivity contribution in [2.45, 2.75) is 142 Å². The molecule has 0 saturated carbocycles. The zero-order valence-electron chi connectivity index (χ0n) is 23.6. The second kappa shape index (κ2) is 19.6. The van der Waals surface area contributed by atoms with Gasteiger partial charge in [-0.2, -0.15) is 0 Å². The van der Waals surface area contributed by atoms with Crippen molar-refractivity contribution in [2.75, 3.05) is 0 Å². The maximum atomic E-state index is 13.1. The normalized spacial score (nSPS) is 16.1. The summed E-state index contributed by atoms with van der Waals surface area (Å²) in [4.78, 5) is 34.5. The van der Waals surface area contributed by atoms with E-state index in [1.54, 1.807) is 0 Å². The summed E-state index contributed by atoms with van der Waals surface area (Å²) in [6.45, 7) is 13.9. The van der Waals surface area contributed by atoms with Gasteiger partial charge in [-0.1, -0.05) is 104 Å². The van der Waals surface area contributed by atoms with Gasteiger partial charge in [0.15, 0.2) is 0 Å². The second-order valence-corrected chi connectivity index (χ2v) is 11.2. The Bertz CT molecular complexity index is 669. The van der Waals surface area contributed by atoms with Gasteiger partial charge in [0.1, 0.15) is 0 Å². The molecule has 1 N–H and O–H groups in total.